The first kappa shape index (κ1) is 42.0. The number of nitrogens with two attached hydrogens (primary N) is 1. The summed E-state index contributed by atoms with van der Waals surface area (Å²) in [5.41, 5.74) is 7.76. The van der Waals surface area contributed by atoms with E-state index in [2.05, 4.69) is 31.8 Å². The number of fused-ring (bicyclic) bond motifs is 1. The number of hydrogen-bond acceptors (Lipinski definition) is 8. The summed E-state index contributed by atoms with van der Waals surface area (Å²) in [6.07, 6.45) is 8.63. The Morgan fingerprint density at radius 2 is 1.95 bits per heavy atom. The van der Waals surface area contributed by atoms with Gasteiger partial charge in [-0.1, -0.05) is 32.2 Å². The molecule has 1 amide bonds. The van der Waals surface area contributed by atoms with Crippen molar-refractivity contribution in [1.29, 1.82) is 0 Å². The fourth-order valence-corrected chi connectivity index (χ4v) is 3.74. The third-order valence-electron chi connectivity index (χ3n) is 5.67. The number of alkyl halides is 1. The molecule has 1 unspecified atom stereocenters. The van der Waals surface area contributed by atoms with Crippen LogP contribution in [0.4, 0.5) is 10.1 Å². The number of carbonyl (C=O) groups is 1. The van der Waals surface area contributed by atoms with Gasteiger partial charge >= 0.3 is 11.9 Å². The summed E-state index contributed by atoms with van der Waals surface area (Å²) in [5, 5.41) is 15.9. The molecule has 0 spiro atoms. The summed E-state index contributed by atoms with van der Waals surface area (Å²) in [5.74, 6) is 1.28. The Labute approximate surface area is 263 Å². The highest BCUT2D eigenvalue weighted by Gasteiger charge is 2.37. The molecular formula is C31H53FN8O4+2. The van der Waals surface area contributed by atoms with Gasteiger partial charge in [-0.05, 0) is 44.5 Å². The zero-order valence-corrected chi connectivity index (χ0v) is 27.7. The van der Waals surface area contributed by atoms with Crippen LogP contribution in [0.25, 0.3) is 4.85 Å². The minimum atomic E-state index is -0.395. The molecule has 1 aliphatic heterocycles. The third-order valence-corrected chi connectivity index (χ3v) is 5.67. The van der Waals surface area contributed by atoms with Gasteiger partial charge in [-0.25, -0.2) is 4.39 Å². The van der Waals surface area contributed by atoms with E-state index in [-0.39, 0.29) is 24.9 Å². The minimum Gasteiger partial charge on any atom is -0.493 e. The lowest BCUT2D eigenvalue weighted by Crippen LogP contribution is -2.58. The van der Waals surface area contributed by atoms with E-state index >= 15 is 0 Å². The first-order chi connectivity index (χ1) is 21.1. The van der Waals surface area contributed by atoms with Crippen LogP contribution in [0, 0.1) is 19.0 Å². The average molecular weight is 621 g/mol. The van der Waals surface area contributed by atoms with Crippen LogP contribution in [0.15, 0.2) is 33.9 Å². The van der Waals surface area contributed by atoms with Gasteiger partial charge in [0.25, 0.3) is 0 Å². The van der Waals surface area contributed by atoms with Crippen molar-refractivity contribution in [2.45, 2.75) is 60.4 Å². The molecule has 0 fully saturated rings. The first-order valence-electron chi connectivity index (χ1n) is 14.5. The maximum absolute atomic E-state index is 12.8. The van der Waals surface area contributed by atoms with Crippen LogP contribution in [0.3, 0.4) is 0 Å². The minimum absolute atomic E-state index is 0.0751. The number of terminal acetylenes is 1. The fourth-order valence-electron chi connectivity index (χ4n) is 3.74. The summed E-state index contributed by atoms with van der Waals surface area (Å²) in [6.45, 7) is 17.1. The van der Waals surface area contributed by atoms with Crippen molar-refractivity contribution in [3.8, 4) is 30.5 Å². The standard InChI is InChI=1S/C23H30N7O3.C4H10FN.C2H6O.C2H6/c1-7-26-11-8-12-30(4)15-17-9-10-18(32-5)21(33-6)20(17)29-23(30)28-19(31)13-16(2)14-27-22(24)25-3;1-2-3-6-4-5;1-2-3;1-2/h1,3,9-10,14,26H,8,11-13,15H2,2,4-6H3,(H2-,24,27,28,29,31);6H,2-4H2,1H3;3H,2H2,1H3;1-2H3/q+1;;;/p+1/b16-14+;;;. The van der Waals surface area contributed by atoms with Gasteiger partial charge in [0.2, 0.25) is 5.91 Å². The summed E-state index contributed by atoms with van der Waals surface area (Å²) < 4.78 is 22.4. The number of aliphatic hydroxyl groups is 1. The topological polar surface area (TPSA) is 147 Å². The van der Waals surface area contributed by atoms with Crippen molar-refractivity contribution in [1.82, 2.24) is 16.0 Å². The number of amides is 1. The molecule has 1 atom stereocenters. The zero-order valence-electron chi connectivity index (χ0n) is 27.7. The van der Waals surface area contributed by atoms with E-state index in [1.165, 1.54) is 6.20 Å². The van der Waals surface area contributed by atoms with Crippen LogP contribution < -0.4 is 31.2 Å². The Balaban J connectivity index is 0. The molecule has 44 heavy (non-hydrogen) atoms. The van der Waals surface area contributed by atoms with E-state index in [0.29, 0.717) is 52.8 Å². The maximum atomic E-state index is 12.8. The Morgan fingerprint density at radius 1 is 1.30 bits per heavy atom. The summed E-state index contributed by atoms with van der Waals surface area (Å²) in [7, 11) is 5.15. The molecule has 0 saturated heterocycles. The molecule has 1 aromatic rings. The smallest absolute Gasteiger partial charge is 0.486 e. The van der Waals surface area contributed by atoms with Crippen LogP contribution in [-0.2, 0) is 11.3 Å². The largest absolute Gasteiger partial charge is 0.493 e. The van der Waals surface area contributed by atoms with Gasteiger partial charge < -0.3 is 19.9 Å². The van der Waals surface area contributed by atoms with Gasteiger partial charge in [0.1, 0.15) is 25.2 Å². The average Bonchev–Trinajstić information content (AvgIpc) is 3.02. The Kier molecular flexibility index (Phi) is 24.2. The van der Waals surface area contributed by atoms with Crippen molar-refractivity contribution < 1.29 is 28.2 Å². The molecule has 0 bridgehead atoms. The number of nitrogens with one attached hydrogen (secondary N) is 3. The number of carbonyl (C=O) groups excluding carboxylic acids is 1. The highest BCUT2D eigenvalue weighted by atomic mass is 19.1. The molecule has 0 radical (unpaired) electrons. The van der Waals surface area contributed by atoms with Crippen LogP contribution in [0.1, 0.15) is 59.4 Å². The van der Waals surface area contributed by atoms with E-state index in [1.54, 1.807) is 28.1 Å². The number of benzene rings is 1. The maximum Gasteiger partial charge on any atom is 0.486 e. The molecule has 6 N–H and O–H groups in total. The lowest BCUT2D eigenvalue weighted by molar-refractivity contribution is -0.838. The Morgan fingerprint density at radius 3 is 2.45 bits per heavy atom. The van der Waals surface area contributed by atoms with Crippen molar-refractivity contribution in [2.24, 2.45) is 15.7 Å². The SMILES string of the molecule is C#CNCCC[N+]1(C)Cc2ccc(OC)c(OC)c2N=C1NC(=O)C/C(C)=C/N=C(N)[N+]#C.CC.CCCNCF.CCO. The van der Waals surface area contributed by atoms with Gasteiger partial charge in [0, 0.05) is 31.2 Å². The molecular weight excluding hydrogens is 567 g/mol. The lowest BCUT2D eigenvalue weighted by Gasteiger charge is -2.37. The first-order valence-corrected chi connectivity index (χ1v) is 14.5. The highest BCUT2D eigenvalue weighted by molar-refractivity contribution is 5.97. The number of guanidine groups is 2. The molecule has 1 aliphatic rings. The summed E-state index contributed by atoms with van der Waals surface area (Å²) >= 11 is 0. The van der Waals surface area contributed by atoms with E-state index in [0.717, 1.165) is 24.9 Å². The van der Waals surface area contributed by atoms with Gasteiger partial charge in [-0.15, -0.1) is 0 Å². The number of nitrogens with zero attached hydrogens (tertiary/aromatic N) is 4. The van der Waals surface area contributed by atoms with Gasteiger partial charge in [0.15, 0.2) is 11.5 Å². The number of aliphatic imine (C=N–C) groups is 2. The fraction of sp³-hybridized carbons (Fsp3) is 0.548. The van der Waals surface area contributed by atoms with Gasteiger partial charge in [-0.3, -0.25) is 25.6 Å². The zero-order chi connectivity index (χ0) is 34.0. The molecule has 246 valence electrons. The third kappa shape index (κ3) is 15.9. The summed E-state index contributed by atoms with van der Waals surface area (Å²) in [4.78, 5) is 24.8. The molecule has 2 rings (SSSR count). The van der Waals surface area contributed by atoms with Crippen LogP contribution in [0.2, 0.25) is 0 Å². The lowest BCUT2D eigenvalue weighted by atomic mass is 10.1. The monoisotopic (exact) mass is 620 g/mol. The molecule has 0 aromatic heterocycles. The number of halogens is 1. The second-order valence-electron chi connectivity index (χ2n) is 9.21. The molecule has 13 heteroatoms. The van der Waals surface area contributed by atoms with E-state index < -0.39 is 6.80 Å². The predicted octanol–water partition coefficient (Wildman–Crippen LogP) is 3.85. The second-order valence-corrected chi connectivity index (χ2v) is 9.21. The number of hydrogen-bond donors (Lipinski definition) is 5. The van der Waals surface area contributed by atoms with Crippen molar-refractivity contribution in [3.63, 3.8) is 0 Å². The van der Waals surface area contributed by atoms with Crippen molar-refractivity contribution >= 4 is 23.5 Å². The van der Waals surface area contributed by atoms with Crippen molar-refractivity contribution in [2.75, 3.05) is 54.3 Å². The number of rotatable bonds is 12. The quantitative estimate of drug-likeness (QED) is 0.0454. The Hall–Kier alpha value is -4.17. The second kappa shape index (κ2) is 25.3. The Bertz CT molecular complexity index is 1150. The van der Waals surface area contributed by atoms with Crippen molar-refractivity contribution in [3.05, 3.63) is 34.3 Å². The van der Waals surface area contributed by atoms with Crippen LogP contribution >= 0.6 is 0 Å². The van der Waals surface area contributed by atoms with Gasteiger partial charge in [0.05, 0.1) is 40.8 Å². The number of methoxy groups -OCH3 is 2. The number of ether oxygens (including phenoxy) is 2. The van der Waals surface area contributed by atoms with Gasteiger partial charge in [-0.2, -0.15) is 9.84 Å². The normalized spacial score (nSPS) is 15.0. The molecule has 0 saturated carbocycles. The molecule has 1 heterocycles. The molecule has 0 aliphatic carbocycles. The van der Waals surface area contributed by atoms with E-state index in [9.17, 15) is 9.18 Å². The molecule has 1 aromatic carbocycles. The van der Waals surface area contributed by atoms with Crippen LogP contribution in [0.5, 0.6) is 11.5 Å². The number of aliphatic hydroxyl groups excluding tert-OH is 1. The van der Waals surface area contributed by atoms with E-state index in [1.807, 2.05) is 40.0 Å². The van der Waals surface area contributed by atoms with E-state index in [4.69, 9.17) is 38.3 Å². The number of quaternary nitrogens is 1. The predicted molar refractivity (Wildman–Crippen MR) is 178 cm³/mol. The summed E-state index contributed by atoms with van der Waals surface area (Å²) in [6, 6.07) is 6.24. The van der Waals surface area contributed by atoms with Crippen LogP contribution in [-0.4, -0.2) is 81.7 Å². The molecule has 12 nitrogen and oxygen atoms in total. The highest BCUT2D eigenvalue weighted by Crippen LogP contribution is 2.43.